The molecular formula is C30H21F2N3O2. The molecule has 0 saturated carbocycles. The number of carbonyl (C=O) groups excluding carboxylic acids is 1. The molecule has 0 aliphatic heterocycles. The highest BCUT2D eigenvalue weighted by Crippen LogP contribution is 2.44. The first-order valence-electron chi connectivity index (χ1n) is 11.7. The number of aryl methyl sites for hydroxylation is 1. The summed E-state index contributed by atoms with van der Waals surface area (Å²) < 4.78 is 34.6. The number of benzene rings is 5. The fraction of sp³-hybridized carbons (Fsp3) is 0.0667. The molecule has 4 N–H and O–H groups in total. The van der Waals surface area contributed by atoms with Crippen molar-refractivity contribution in [3.05, 3.63) is 107 Å². The first kappa shape index (κ1) is 22.7. The summed E-state index contributed by atoms with van der Waals surface area (Å²) in [4.78, 5) is 12.9. The molecule has 2 aromatic heterocycles. The second-order valence-corrected chi connectivity index (χ2v) is 9.15. The molecule has 0 atom stereocenters. The summed E-state index contributed by atoms with van der Waals surface area (Å²) in [7, 11) is 0. The third-order valence-electron chi connectivity index (χ3n) is 6.75. The molecule has 182 valence electrons. The molecule has 0 spiro atoms. The predicted molar refractivity (Wildman–Crippen MR) is 141 cm³/mol. The Morgan fingerprint density at radius 2 is 1.59 bits per heavy atom. The number of halogens is 2. The van der Waals surface area contributed by atoms with E-state index in [1.165, 1.54) is 24.3 Å². The zero-order chi connectivity index (χ0) is 25.8. The van der Waals surface area contributed by atoms with Crippen molar-refractivity contribution in [2.45, 2.75) is 13.5 Å². The number of nitrogens with two attached hydrogens (primary N) is 1. The minimum absolute atomic E-state index is 0.0377. The van der Waals surface area contributed by atoms with E-state index < -0.39 is 11.7 Å². The summed E-state index contributed by atoms with van der Waals surface area (Å²) >= 11 is 0. The van der Waals surface area contributed by atoms with Crippen LogP contribution in [0.4, 0.5) is 8.78 Å². The molecule has 37 heavy (non-hydrogen) atoms. The molecule has 0 saturated heterocycles. The maximum Gasteiger partial charge on any atom is 0.254 e. The molecule has 4 aromatic carbocycles. The van der Waals surface area contributed by atoms with Crippen LogP contribution in [-0.2, 0) is 6.54 Å². The molecule has 0 radical (unpaired) electrons. The number of amidine groups is 1. The average molecular weight is 494 g/mol. The summed E-state index contributed by atoms with van der Waals surface area (Å²) in [5, 5.41) is 13.3. The van der Waals surface area contributed by atoms with Gasteiger partial charge in [0.15, 0.2) is 0 Å². The standard InChI is InChI=1S/C30H21F2N3O2/c1-15-10-19(17-6-8-20(31)9-7-17)11-24-26(15)28-22-13-25(32)23(12-21(22)27(24)37-28)30(36)35-14-16-2-4-18(5-3-16)29(33)34/h2-13H,14H2,1H3,(H3,33,34)(H,35,36). The monoisotopic (exact) mass is 493 g/mol. The van der Waals surface area contributed by atoms with Gasteiger partial charge in [-0.05, 0) is 59.5 Å². The van der Waals surface area contributed by atoms with E-state index in [-0.39, 0.29) is 23.8 Å². The number of nitrogen functional groups attached to an aromatic ring is 1. The first-order valence-corrected chi connectivity index (χ1v) is 11.7. The zero-order valence-electron chi connectivity index (χ0n) is 19.8. The van der Waals surface area contributed by atoms with E-state index in [9.17, 15) is 9.18 Å². The summed E-state index contributed by atoms with van der Waals surface area (Å²) in [6.07, 6.45) is 0. The fourth-order valence-electron chi connectivity index (χ4n) is 4.88. The van der Waals surface area contributed by atoms with Gasteiger partial charge in [0.1, 0.15) is 28.6 Å². The van der Waals surface area contributed by atoms with Crippen molar-refractivity contribution in [1.29, 1.82) is 5.41 Å². The van der Waals surface area contributed by atoms with Gasteiger partial charge in [0.2, 0.25) is 0 Å². The molecule has 0 aliphatic carbocycles. The Labute approximate surface area is 210 Å². The highest BCUT2D eigenvalue weighted by molar-refractivity contribution is 6.27. The Morgan fingerprint density at radius 1 is 0.892 bits per heavy atom. The number of hydrogen-bond acceptors (Lipinski definition) is 3. The van der Waals surface area contributed by atoms with Crippen molar-refractivity contribution in [2.24, 2.45) is 5.73 Å². The number of nitrogens with one attached hydrogen (secondary N) is 2. The van der Waals surface area contributed by atoms with Gasteiger partial charge in [-0.15, -0.1) is 0 Å². The Kier molecular flexibility index (Phi) is 5.15. The van der Waals surface area contributed by atoms with Crippen LogP contribution < -0.4 is 11.1 Å². The van der Waals surface area contributed by atoms with Crippen LogP contribution in [0.5, 0.6) is 0 Å². The lowest BCUT2D eigenvalue weighted by Crippen LogP contribution is -2.24. The topological polar surface area (TPSA) is 92.1 Å². The van der Waals surface area contributed by atoms with Crippen molar-refractivity contribution < 1.29 is 18.0 Å². The second kappa shape index (κ2) is 8.41. The Morgan fingerprint density at radius 3 is 2.30 bits per heavy atom. The Balaban J connectivity index is 1.37. The Hall–Kier alpha value is -4.78. The van der Waals surface area contributed by atoms with Crippen molar-refractivity contribution in [2.75, 3.05) is 0 Å². The van der Waals surface area contributed by atoms with E-state index in [0.717, 1.165) is 33.0 Å². The van der Waals surface area contributed by atoms with Gasteiger partial charge in [-0.3, -0.25) is 10.2 Å². The van der Waals surface area contributed by atoms with Crippen LogP contribution >= 0.6 is 0 Å². The maximum absolute atomic E-state index is 15.1. The van der Waals surface area contributed by atoms with E-state index in [2.05, 4.69) is 5.32 Å². The SMILES string of the molecule is Cc1cc(-c2ccc(F)cc2)cc2c3oc(c4cc(F)c(C(=O)NCc5ccc(C(=N)N)cc5)cc43)c12. The molecule has 1 amide bonds. The predicted octanol–water partition coefficient (Wildman–Crippen LogP) is 6.64. The van der Waals surface area contributed by atoms with Crippen molar-refractivity contribution in [1.82, 2.24) is 5.32 Å². The summed E-state index contributed by atoms with van der Waals surface area (Å²) in [6, 6.07) is 20.1. The zero-order valence-corrected chi connectivity index (χ0v) is 19.8. The highest BCUT2D eigenvalue weighted by Gasteiger charge is 2.23. The maximum atomic E-state index is 15.1. The fourth-order valence-corrected chi connectivity index (χ4v) is 4.88. The molecule has 0 unspecified atom stereocenters. The van der Waals surface area contributed by atoms with Crippen molar-refractivity contribution >= 4 is 44.5 Å². The van der Waals surface area contributed by atoms with Crippen LogP contribution in [-0.4, -0.2) is 11.7 Å². The van der Waals surface area contributed by atoms with Gasteiger partial charge in [-0.2, -0.15) is 0 Å². The molecule has 6 rings (SSSR count). The quantitative estimate of drug-likeness (QED) is 0.143. The van der Waals surface area contributed by atoms with E-state index in [1.807, 2.05) is 19.1 Å². The number of hydrogen-bond donors (Lipinski definition) is 3. The minimum Gasteiger partial charge on any atom is -0.455 e. The van der Waals surface area contributed by atoms with E-state index in [1.54, 1.807) is 36.4 Å². The average Bonchev–Trinajstić information content (AvgIpc) is 3.44. The summed E-state index contributed by atoms with van der Waals surface area (Å²) in [5.41, 5.74) is 10.7. The molecular weight excluding hydrogens is 472 g/mol. The van der Waals surface area contributed by atoms with Crippen LogP contribution in [0, 0.1) is 24.0 Å². The van der Waals surface area contributed by atoms with Crippen LogP contribution in [0.3, 0.4) is 0 Å². The minimum atomic E-state index is -0.630. The first-order chi connectivity index (χ1) is 17.8. The highest BCUT2D eigenvalue weighted by atomic mass is 19.1. The largest absolute Gasteiger partial charge is 0.455 e. The molecule has 2 heterocycles. The second-order valence-electron chi connectivity index (χ2n) is 9.15. The number of carbonyl (C=O) groups is 1. The molecule has 5 nitrogen and oxygen atoms in total. The van der Waals surface area contributed by atoms with E-state index >= 15 is 4.39 Å². The van der Waals surface area contributed by atoms with Gasteiger partial charge >= 0.3 is 0 Å². The van der Waals surface area contributed by atoms with Crippen molar-refractivity contribution in [3.63, 3.8) is 0 Å². The van der Waals surface area contributed by atoms with Crippen LogP contribution in [0.25, 0.3) is 43.8 Å². The van der Waals surface area contributed by atoms with Gasteiger partial charge in [-0.1, -0.05) is 42.5 Å². The van der Waals surface area contributed by atoms with Gasteiger partial charge in [0.25, 0.3) is 5.91 Å². The molecule has 7 heteroatoms. The van der Waals surface area contributed by atoms with Gasteiger partial charge < -0.3 is 15.5 Å². The van der Waals surface area contributed by atoms with Gasteiger partial charge in [-0.25, -0.2) is 8.78 Å². The molecule has 6 aromatic rings. The Bertz CT molecular complexity index is 1840. The van der Waals surface area contributed by atoms with Crippen LogP contribution in [0.15, 0.2) is 77.2 Å². The van der Waals surface area contributed by atoms with Gasteiger partial charge in [0.05, 0.1) is 5.56 Å². The van der Waals surface area contributed by atoms with Gasteiger partial charge in [0, 0.05) is 33.7 Å². The lowest BCUT2D eigenvalue weighted by atomic mass is 9.94. The van der Waals surface area contributed by atoms with Crippen molar-refractivity contribution in [3.8, 4) is 11.1 Å². The molecule has 2 bridgehead atoms. The number of fused-ring (bicyclic) bond motifs is 8. The molecule has 0 aliphatic rings. The third-order valence-corrected chi connectivity index (χ3v) is 6.75. The summed E-state index contributed by atoms with van der Waals surface area (Å²) in [6.45, 7) is 2.16. The number of rotatable bonds is 5. The van der Waals surface area contributed by atoms with Crippen LogP contribution in [0.1, 0.15) is 27.0 Å². The lowest BCUT2D eigenvalue weighted by molar-refractivity contribution is 0.0947. The normalized spacial score (nSPS) is 11.5. The lowest BCUT2D eigenvalue weighted by Gasteiger charge is -2.09. The molecule has 0 fully saturated rings. The van der Waals surface area contributed by atoms with Crippen LogP contribution in [0.2, 0.25) is 0 Å². The van der Waals surface area contributed by atoms with E-state index in [4.69, 9.17) is 15.6 Å². The number of amides is 1. The number of furan rings is 2. The summed E-state index contributed by atoms with van der Waals surface area (Å²) in [5.74, 6) is -1.51. The smallest absolute Gasteiger partial charge is 0.254 e. The van der Waals surface area contributed by atoms with E-state index in [0.29, 0.717) is 27.5 Å². The third kappa shape index (κ3) is 3.76.